The Morgan fingerprint density at radius 3 is 2.34 bits per heavy atom. The Kier molecular flexibility index (Phi) is 7.45. The summed E-state index contributed by atoms with van der Waals surface area (Å²) in [6.07, 6.45) is 0.778. The summed E-state index contributed by atoms with van der Waals surface area (Å²) in [5.74, 6) is -0.830. The maximum Gasteiger partial charge on any atom is 0.276 e. The van der Waals surface area contributed by atoms with Gasteiger partial charge in [-0.2, -0.15) is 4.68 Å². The number of nitrogens with zero attached hydrogens (tertiary/aromatic N) is 5. The average Bonchev–Trinajstić information content (AvgIpc) is 3.25. The van der Waals surface area contributed by atoms with Crippen LogP contribution in [0.4, 0.5) is 11.5 Å². The third-order valence-corrected chi connectivity index (χ3v) is 7.93. The summed E-state index contributed by atoms with van der Waals surface area (Å²) in [6, 6.07) is 15.9. The summed E-state index contributed by atoms with van der Waals surface area (Å²) in [5, 5.41) is 0.707. The SMILES string of the molecule is CCCC(=O)n1c(=O)cc2n1C(c1ccc(Cl)c(Cl)c1)C(C(=O)N1CCN(c3ccccc3)CC1)C(C)=N2. The number of para-hydroxylation sites is 1. The van der Waals surface area contributed by atoms with Crippen molar-refractivity contribution in [3.05, 3.63) is 80.6 Å². The number of halogens is 2. The van der Waals surface area contributed by atoms with Crippen LogP contribution in [0.1, 0.15) is 43.1 Å². The molecule has 8 nitrogen and oxygen atoms in total. The molecular formula is C28H29Cl2N5O3. The van der Waals surface area contributed by atoms with Gasteiger partial charge in [0.1, 0.15) is 5.92 Å². The highest BCUT2D eigenvalue weighted by molar-refractivity contribution is 6.42. The fraction of sp³-hybridized carbons (Fsp3) is 0.357. The van der Waals surface area contributed by atoms with E-state index in [1.165, 1.54) is 6.07 Å². The molecule has 0 spiro atoms. The minimum Gasteiger partial charge on any atom is -0.368 e. The first-order valence-electron chi connectivity index (χ1n) is 12.8. The van der Waals surface area contributed by atoms with E-state index < -0.39 is 17.5 Å². The number of rotatable bonds is 5. The van der Waals surface area contributed by atoms with E-state index in [1.807, 2.05) is 30.0 Å². The van der Waals surface area contributed by atoms with Crippen LogP contribution in [0.15, 0.2) is 64.4 Å². The summed E-state index contributed by atoms with van der Waals surface area (Å²) in [5.41, 5.74) is 1.91. The molecule has 0 N–H and O–H groups in total. The maximum atomic E-state index is 14.1. The summed E-state index contributed by atoms with van der Waals surface area (Å²) in [4.78, 5) is 48.9. The normalized spacial score (nSPS) is 19.2. The molecule has 1 saturated heterocycles. The first kappa shape index (κ1) is 26.3. The number of hydrogen-bond acceptors (Lipinski definition) is 5. The second-order valence-electron chi connectivity index (χ2n) is 9.64. The Hall–Kier alpha value is -3.36. The topological polar surface area (TPSA) is 79.9 Å². The van der Waals surface area contributed by atoms with Gasteiger partial charge < -0.3 is 9.80 Å². The van der Waals surface area contributed by atoms with Gasteiger partial charge in [-0.3, -0.25) is 14.4 Å². The Balaban J connectivity index is 1.54. The molecule has 38 heavy (non-hydrogen) atoms. The van der Waals surface area contributed by atoms with Gasteiger partial charge in [-0.1, -0.05) is 54.4 Å². The predicted molar refractivity (Wildman–Crippen MR) is 150 cm³/mol. The van der Waals surface area contributed by atoms with E-state index in [0.29, 0.717) is 59.7 Å². The molecule has 1 aromatic heterocycles. The fourth-order valence-corrected chi connectivity index (χ4v) is 5.65. The number of aromatic nitrogens is 2. The fourth-order valence-electron chi connectivity index (χ4n) is 5.34. The molecular weight excluding hydrogens is 525 g/mol. The summed E-state index contributed by atoms with van der Waals surface area (Å²) in [7, 11) is 0. The second-order valence-corrected chi connectivity index (χ2v) is 10.5. The molecule has 5 rings (SSSR count). The van der Waals surface area contributed by atoms with Gasteiger partial charge in [-0.25, -0.2) is 9.67 Å². The number of carbonyl (C=O) groups is 2. The van der Waals surface area contributed by atoms with Crippen molar-refractivity contribution in [2.24, 2.45) is 10.9 Å². The number of piperazine rings is 1. The van der Waals surface area contributed by atoms with Crippen LogP contribution in [-0.2, 0) is 4.79 Å². The van der Waals surface area contributed by atoms with E-state index in [0.717, 1.165) is 10.4 Å². The molecule has 10 heteroatoms. The Morgan fingerprint density at radius 1 is 0.974 bits per heavy atom. The van der Waals surface area contributed by atoms with Crippen LogP contribution < -0.4 is 10.5 Å². The first-order valence-corrected chi connectivity index (χ1v) is 13.5. The van der Waals surface area contributed by atoms with Gasteiger partial charge in [0.05, 0.1) is 16.1 Å². The molecule has 2 aliphatic rings. The van der Waals surface area contributed by atoms with Gasteiger partial charge in [0.25, 0.3) is 5.56 Å². The van der Waals surface area contributed by atoms with Crippen LogP contribution in [0.3, 0.4) is 0 Å². The number of benzene rings is 2. The highest BCUT2D eigenvalue weighted by Gasteiger charge is 2.42. The maximum absolute atomic E-state index is 14.1. The van der Waals surface area contributed by atoms with Crippen molar-refractivity contribution in [1.29, 1.82) is 0 Å². The van der Waals surface area contributed by atoms with Crippen molar-refractivity contribution in [2.75, 3.05) is 31.1 Å². The van der Waals surface area contributed by atoms with Crippen molar-refractivity contribution in [2.45, 2.75) is 32.7 Å². The smallest absolute Gasteiger partial charge is 0.276 e. The number of carbonyl (C=O) groups excluding carboxylic acids is 2. The third kappa shape index (κ3) is 4.78. The molecule has 198 valence electrons. The van der Waals surface area contributed by atoms with Crippen molar-refractivity contribution < 1.29 is 9.59 Å². The van der Waals surface area contributed by atoms with Gasteiger partial charge in [0, 0.05) is 50.1 Å². The first-order chi connectivity index (χ1) is 18.3. The minimum atomic E-state index is -0.726. The molecule has 3 aromatic rings. The Bertz CT molecular complexity index is 1450. The van der Waals surface area contributed by atoms with E-state index in [1.54, 1.807) is 29.8 Å². The standard InChI is InChI=1S/C28H29Cl2N5O3/c1-3-7-24(36)35-25(37)17-23-31-18(2)26(27(34(23)35)19-10-11-21(29)22(30)16-19)28(38)33-14-12-32(13-15-33)20-8-5-4-6-9-20/h4-6,8-11,16-17,26-27H,3,7,12-15H2,1-2H3. The lowest BCUT2D eigenvalue weighted by Crippen LogP contribution is -2.53. The van der Waals surface area contributed by atoms with E-state index >= 15 is 0 Å². The molecule has 0 aliphatic carbocycles. The second kappa shape index (κ2) is 10.8. The molecule has 2 atom stereocenters. The lowest BCUT2D eigenvalue weighted by atomic mass is 9.87. The van der Waals surface area contributed by atoms with Gasteiger partial charge in [-0.05, 0) is 43.2 Å². The monoisotopic (exact) mass is 553 g/mol. The van der Waals surface area contributed by atoms with E-state index in [4.69, 9.17) is 23.2 Å². The van der Waals surface area contributed by atoms with Gasteiger partial charge in [0.2, 0.25) is 11.8 Å². The van der Waals surface area contributed by atoms with Crippen LogP contribution in [0.5, 0.6) is 0 Å². The molecule has 3 heterocycles. The highest BCUT2D eigenvalue weighted by atomic mass is 35.5. The van der Waals surface area contributed by atoms with Gasteiger partial charge >= 0.3 is 0 Å². The van der Waals surface area contributed by atoms with Crippen LogP contribution in [-0.4, -0.2) is 58.0 Å². The third-order valence-electron chi connectivity index (χ3n) is 7.20. The molecule has 0 saturated carbocycles. The van der Waals surface area contributed by atoms with Crippen LogP contribution in [0, 0.1) is 5.92 Å². The Morgan fingerprint density at radius 2 is 1.68 bits per heavy atom. The minimum absolute atomic E-state index is 0.101. The number of aliphatic imine (C=N–C) groups is 1. The van der Waals surface area contributed by atoms with Crippen molar-refractivity contribution >= 4 is 52.2 Å². The van der Waals surface area contributed by atoms with Gasteiger partial charge in [0.15, 0.2) is 5.82 Å². The molecule has 2 aliphatic heterocycles. The molecule has 1 fully saturated rings. The van der Waals surface area contributed by atoms with Crippen LogP contribution in [0.2, 0.25) is 10.0 Å². The summed E-state index contributed by atoms with van der Waals surface area (Å²) in [6.45, 7) is 6.17. The van der Waals surface area contributed by atoms with E-state index in [9.17, 15) is 14.4 Å². The van der Waals surface area contributed by atoms with Crippen LogP contribution in [0.25, 0.3) is 0 Å². The predicted octanol–water partition coefficient (Wildman–Crippen LogP) is 5.06. The molecule has 2 aromatic carbocycles. The van der Waals surface area contributed by atoms with E-state index in [-0.39, 0.29) is 18.2 Å². The zero-order valence-electron chi connectivity index (χ0n) is 21.3. The Labute approximate surface area is 231 Å². The zero-order valence-corrected chi connectivity index (χ0v) is 22.8. The number of hydrogen-bond donors (Lipinski definition) is 0. The number of amides is 1. The highest BCUT2D eigenvalue weighted by Crippen LogP contribution is 2.39. The molecule has 1 amide bonds. The number of anilines is 1. The lowest BCUT2D eigenvalue weighted by Gasteiger charge is -2.40. The molecule has 0 bridgehead atoms. The zero-order chi connectivity index (χ0) is 27.0. The average molecular weight is 554 g/mol. The molecule has 2 unspecified atom stereocenters. The summed E-state index contributed by atoms with van der Waals surface area (Å²) >= 11 is 12.6. The van der Waals surface area contributed by atoms with Crippen molar-refractivity contribution in [3.8, 4) is 0 Å². The molecule has 0 radical (unpaired) electrons. The quantitative estimate of drug-likeness (QED) is 0.442. The largest absolute Gasteiger partial charge is 0.368 e. The van der Waals surface area contributed by atoms with Crippen molar-refractivity contribution in [1.82, 2.24) is 14.3 Å². The van der Waals surface area contributed by atoms with Crippen molar-refractivity contribution in [3.63, 3.8) is 0 Å². The number of fused-ring (bicyclic) bond motifs is 1. The van der Waals surface area contributed by atoms with Gasteiger partial charge in [-0.15, -0.1) is 0 Å². The lowest BCUT2D eigenvalue weighted by molar-refractivity contribution is -0.134. The van der Waals surface area contributed by atoms with E-state index in [2.05, 4.69) is 22.0 Å². The van der Waals surface area contributed by atoms with Crippen LogP contribution >= 0.6 is 23.2 Å². The summed E-state index contributed by atoms with van der Waals surface area (Å²) < 4.78 is 2.69.